The molecule has 1 aliphatic rings. The van der Waals surface area contributed by atoms with Crippen LogP contribution < -0.4 is 0 Å². The minimum Gasteiger partial charge on any atom is -0.339 e. The molecular formula is C10H13NO. The molecule has 2 nitrogen and oxygen atoms in total. The van der Waals surface area contributed by atoms with Crippen molar-refractivity contribution < 1.29 is 4.79 Å². The number of carbonyl (C=O) groups excluding carboxylic acids is 1. The maximum atomic E-state index is 10.7. The van der Waals surface area contributed by atoms with Crippen LogP contribution in [0, 0.1) is 0 Å². The van der Waals surface area contributed by atoms with E-state index in [0.29, 0.717) is 6.04 Å². The first-order valence-corrected chi connectivity index (χ1v) is 4.52. The van der Waals surface area contributed by atoms with E-state index < -0.39 is 0 Å². The summed E-state index contributed by atoms with van der Waals surface area (Å²) in [6.45, 7) is 2.13. The van der Waals surface area contributed by atoms with E-state index in [-0.39, 0.29) is 0 Å². The zero-order valence-corrected chi connectivity index (χ0v) is 7.29. The molecule has 1 saturated carbocycles. The molecule has 0 amide bonds. The van der Waals surface area contributed by atoms with Gasteiger partial charge in [-0.15, -0.1) is 0 Å². The molecule has 0 radical (unpaired) electrons. The van der Waals surface area contributed by atoms with Crippen molar-refractivity contribution in [3.05, 3.63) is 23.5 Å². The molecule has 0 spiro atoms. The first-order valence-electron chi connectivity index (χ1n) is 4.52. The second-order valence-corrected chi connectivity index (χ2v) is 3.32. The van der Waals surface area contributed by atoms with Gasteiger partial charge in [0.2, 0.25) is 0 Å². The molecular weight excluding hydrogens is 150 g/mol. The lowest BCUT2D eigenvalue weighted by atomic mass is 10.3. The molecule has 2 rings (SSSR count). The number of hydrogen-bond donors (Lipinski definition) is 0. The molecule has 0 unspecified atom stereocenters. The predicted octanol–water partition coefficient (Wildman–Crippen LogP) is 2.20. The molecule has 0 bridgehead atoms. The van der Waals surface area contributed by atoms with Gasteiger partial charge in [0.15, 0.2) is 6.29 Å². The molecule has 1 aromatic heterocycles. The number of rotatable bonds is 3. The Labute approximate surface area is 72.2 Å². The average molecular weight is 163 g/mol. The van der Waals surface area contributed by atoms with Gasteiger partial charge in [-0.1, -0.05) is 6.92 Å². The SMILES string of the molecule is CCc1ccc(C=O)n1C1CC1. The van der Waals surface area contributed by atoms with Gasteiger partial charge in [0.1, 0.15) is 0 Å². The Morgan fingerprint density at radius 2 is 2.33 bits per heavy atom. The van der Waals surface area contributed by atoms with Crippen LogP contribution in [0.1, 0.15) is 42.0 Å². The third kappa shape index (κ3) is 1.07. The van der Waals surface area contributed by atoms with Crippen molar-refractivity contribution in [3.63, 3.8) is 0 Å². The third-order valence-electron chi connectivity index (χ3n) is 2.43. The van der Waals surface area contributed by atoms with Gasteiger partial charge in [-0.3, -0.25) is 4.79 Å². The summed E-state index contributed by atoms with van der Waals surface area (Å²) >= 11 is 0. The normalized spacial score (nSPS) is 16.4. The van der Waals surface area contributed by atoms with Crippen molar-refractivity contribution in [2.24, 2.45) is 0 Å². The van der Waals surface area contributed by atoms with Crippen LogP contribution in [-0.4, -0.2) is 10.9 Å². The summed E-state index contributed by atoms with van der Waals surface area (Å²) in [6.07, 6.45) is 4.45. The summed E-state index contributed by atoms with van der Waals surface area (Å²) in [5, 5.41) is 0. The van der Waals surface area contributed by atoms with Crippen LogP contribution >= 0.6 is 0 Å². The Kier molecular flexibility index (Phi) is 1.75. The number of aromatic nitrogens is 1. The first-order chi connectivity index (χ1) is 5.86. The van der Waals surface area contributed by atoms with Gasteiger partial charge in [-0.2, -0.15) is 0 Å². The summed E-state index contributed by atoms with van der Waals surface area (Å²) in [6, 6.07) is 4.60. The Morgan fingerprint density at radius 1 is 1.58 bits per heavy atom. The lowest BCUT2D eigenvalue weighted by Crippen LogP contribution is -2.02. The maximum absolute atomic E-state index is 10.7. The number of aryl methyl sites for hydroxylation is 1. The number of hydrogen-bond acceptors (Lipinski definition) is 1. The fourth-order valence-corrected chi connectivity index (χ4v) is 1.67. The first kappa shape index (κ1) is 7.59. The van der Waals surface area contributed by atoms with Gasteiger partial charge in [-0.05, 0) is 31.4 Å². The van der Waals surface area contributed by atoms with E-state index in [0.717, 1.165) is 18.4 Å². The molecule has 1 fully saturated rings. The Balaban J connectivity index is 2.42. The van der Waals surface area contributed by atoms with E-state index in [4.69, 9.17) is 0 Å². The molecule has 64 valence electrons. The van der Waals surface area contributed by atoms with Crippen LogP contribution in [0.5, 0.6) is 0 Å². The summed E-state index contributed by atoms with van der Waals surface area (Å²) in [5.41, 5.74) is 2.13. The zero-order valence-electron chi connectivity index (χ0n) is 7.29. The minimum atomic E-state index is 0.621. The van der Waals surface area contributed by atoms with Crippen molar-refractivity contribution in [2.75, 3.05) is 0 Å². The third-order valence-corrected chi connectivity index (χ3v) is 2.43. The highest BCUT2D eigenvalue weighted by atomic mass is 16.1. The lowest BCUT2D eigenvalue weighted by molar-refractivity contribution is 0.111. The Bertz CT molecular complexity index is 297. The van der Waals surface area contributed by atoms with Crippen molar-refractivity contribution in [1.29, 1.82) is 0 Å². The Hall–Kier alpha value is -1.05. The molecule has 0 aliphatic heterocycles. The van der Waals surface area contributed by atoms with Crippen molar-refractivity contribution in [2.45, 2.75) is 32.2 Å². The monoisotopic (exact) mass is 163 g/mol. The summed E-state index contributed by atoms with van der Waals surface area (Å²) in [5.74, 6) is 0. The zero-order chi connectivity index (χ0) is 8.55. The van der Waals surface area contributed by atoms with E-state index in [1.165, 1.54) is 18.5 Å². The summed E-state index contributed by atoms with van der Waals surface area (Å²) < 4.78 is 2.19. The molecule has 0 saturated heterocycles. The smallest absolute Gasteiger partial charge is 0.166 e. The summed E-state index contributed by atoms with van der Waals surface area (Å²) in [4.78, 5) is 10.7. The molecule has 2 heteroatoms. The van der Waals surface area contributed by atoms with E-state index in [1.807, 2.05) is 6.07 Å². The van der Waals surface area contributed by atoms with Gasteiger partial charge >= 0.3 is 0 Å². The van der Waals surface area contributed by atoms with Gasteiger partial charge in [0.05, 0.1) is 5.69 Å². The van der Waals surface area contributed by atoms with Crippen LogP contribution in [-0.2, 0) is 6.42 Å². The van der Waals surface area contributed by atoms with Gasteiger partial charge in [0, 0.05) is 11.7 Å². The minimum absolute atomic E-state index is 0.621. The van der Waals surface area contributed by atoms with Gasteiger partial charge in [-0.25, -0.2) is 0 Å². The van der Waals surface area contributed by atoms with Crippen LogP contribution in [0.3, 0.4) is 0 Å². The van der Waals surface area contributed by atoms with Crippen molar-refractivity contribution in [3.8, 4) is 0 Å². The van der Waals surface area contributed by atoms with Crippen molar-refractivity contribution in [1.82, 2.24) is 4.57 Å². The van der Waals surface area contributed by atoms with Gasteiger partial charge < -0.3 is 4.57 Å². The average Bonchev–Trinajstić information content (AvgIpc) is 2.85. The molecule has 1 heterocycles. The fourth-order valence-electron chi connectivity index (χ4n) is 1.67. The topological polar surface area (TPSA) is 22.0 Å². The number of carbonyl (C=O) groups is 1. The highest BCUT2D eigenvalue weighted by Crippen LogP contribution is 2.37. The van der Waals surface area contributed by atoms with Crippen LogP contribution in [0.4, 0.5) is 0 Å². The summed E-state index contributed by atoms with van der Waals surface area (Å²) in [7, 11) is 0. The van der Waals surface area contributed by atoms with E-state index in [2.05, 4.69) is 17.6 Å². The van der Waals surface area contributed by atoms with Crippen molar-refractivity contribution >= 4 is 6.29 Å². The molecule has 0 aromatic carbocycles. The van der Waals surface area contributed by atoms with Crippen LogP contribution in [0.25, 0.3) is 0 Å². The van der Waals surface area contributed by atoms with E-state index >= 15 is 0 Å². The number of aldehydes is 1. The van der Waals surface area contributed by atoms with Crippen LogP contribution in [0.2, 0.25) is 0 Å². The molecule has 1 aromatic rings. The number of nitrogens with zero attached hydrogens (tertiary/aromatic N) is 1. The Morgan fingerprint density at radius 3 is 2.83 bits per heavy atom. The van der Waals surface area contributed by atoms with E-state index in [1.54, 1.807) is 0 Å². The molecule has 1 aliphatic carbocycles. The van der Waals surface area contributed by atoms with E-state index in [9.17, 15) is 4.79 Å². The standard InChI is InChI=1S/C10H13NO/c1-2-8-3-6-10(7-12)11(8)9-4-5-9/h3,6-7,9H,2,4-5H2,1H3. The fraction of sp³-hybridized carbons (Fsp3) is 0.500. The second-order valence-electron chi connectivity index (χ2n) is 3.32. The predicted molar refractivity (Wildman–Crippen MR) is 47.5 cm³/mol. The van der Waals surface area contributed by atoms with Gasteiger partial charge in [0.25, 0.3) is 0 Å². The quantitative estimate of drug-likeness (QED) is 0.626. The molecule has 12 heavy (non-hydrogen) atoms. The molecule has 0 atom stereocenters. The second kappa shape index (κ2) is 2.77. The largest absolute Gasteiger partial charge is 0.339 e. The maximum Gasteiger partial charge on any atom is 0.166 e. The highest BCUT2D eigenvalue weighted by Gasteiger charge is 2.26. The highest BCUT2D eigenvalue weighted by molar-refractivity contribution is 5.73. The molecule has 0 N–H and O–H groups in total. The van der Waals surface area contributed by atoms with Crippen LogP contribution in [0.15, 0.2) is 12.1 Å². The lowest BCUT2D eigenvalue weighted by Gasteiger charge is -2.06.